The van der Waals surface area contributed by atoms with Crippen LogP contribution in [0, 0.1) is 0 Å². The second-order valence-corrected chi connectivity index (χ2v) is 3.31. The highest BCUT2D eigenvalue weighted by Gasteiger charge is 2.14. The van der Waals surface area contributed by atoms with Gasteiger partial charge in [-0.15, -0.1) is 0 Å². The van der Waals surface area contributed by atoms with Crippen LogP contribution < -0.4 is 5.73 Å². The van der Waals surface area contributed by atoms with Crippen LogP contribution in [0.3, 0.4) is 0 Å². The first-order valence-electron chi connectivity index (χ1n) is 4.74. The highest BCUT2D eigenvalue weighted by Crippen LogP contribution is 2.17. The molecule has 0 saturated carbocycles. The van der Waals surface area contributed by atoms with E-state index in [4.69, 9.17) is 5.73 Å². The van der Waals surface area contributed by atoms with E-state index in [0.717, 1.165) is 18.4 Å². The van der Waals surface area contributed by atoms with Crippen LogP contribution in [0.15, 0.2) is 30.3 Å². The number of benzene rings is 1. The largest absolute Gasteiger partial charge is 0.387 e. The van der Waals surface area contributed by atoms with Crippen molar-refractivity contribution < 1.29 is 5.11 Å². The second kappa shape index (κ2) is 5.00. The molecule has 13 heavy (non-hydrogen) atoms. The Morgan fingerprint density at radius 3 is 2.46 bits per heavy atom. The first kappa shape index (κ1) is 10.2. The minimum absolute atomic E-state index is 0.146. The zero-order chi connectivity index (χ0) is 9.68. The maximum atomic E-state index is 9.80. The number of nitrogens with two attached hydrogens (primary N) is 1. The molecule has 0 aromatic heterocycles. The fourth-order valence-electron chi connectivity index (χ4n) is 1.39. The average Bonchev–Trinajstić information content (AvgIpc) is 2.18. The van der Waals surface area contributed by atoms with Gasteiger partial charge in [0.25, 0.3) is 0 Å². The van der Waals surface area contributed by atoms with Gasteiger partial charge in [-0.3, -0.25) is 0 Å². The van der Waals surface area contributed by atoms with E-state index in [9.17, 15) is 5.11 Å². The van der Waals surface area contributed by atoms with E-state index >= 15 is 0 Å². The van der Waals surface area contributed by atoms with Gasteiger partial charge in [0, 0.05) is 6.04 Å². The molecular formula is C11H17NO. The van der Waals surface area contributed by atoms with Gasteiger partial charge in [0.05, 0.1) is 6.10 Å². The first-order valence-corrected chi connectivity index (χ1v) is 4.74. The van der Waals surface area contributed by atoms with Gasteiger partial charge in [0.1, 0.15) is 0 Å². The minimum atomic E-state index is -0.527. The Labute approximate surface area is 79.4 Å². The van der Waals surface area contributed by atoms with Crippen LogP contribution in [0.5, 0.6) is 0 Å². The lowest BCUT2D eigenvalue weighted by molar-refractivity contribution is 0.142. The van der Waals surface area contributed by atoms with E-state index in [-0.39, 0.29) is 6.04 Å². The van der Waals surface area contributed by atoms with Crippen molar-refractivity contribution in [1.29, 1.82) is 0 Å². The molecule has 2 unspecified atom stereocenters. The molecule has 1 aromatic carbocycles. The van der Waals surface area contributed by atoms with Crippen molar-refractivity contribution in [3.8, 4) is 0 Å². The molecule has 0 aliphatic carbocycles. The summed E-state index contributed by atoms with van der Waals surface area (Å²) >= 11 is 0. The van der Waals surface area contributed by atoms with Crippen molar-refractivity contribution in [3.05, 3.63) is 35.9 Å². The summed E-state index contributed by atoms with van der Waals surface area (Å²) in [4.78, 5) is 0. The van der Waals surface area contributed by atoms with Gasteiger partial charge in [-0.2, -0.15) is 0 Å². The molecule has 3 N–H and O–H groups in total. The number of rotatable bonds is 4. The van der Waals surface area contributed by atoms with Crippen LogP contribution in [0.25, 0.3) is 0 Å². The van der Waals surface area contributed by atoms with E-state index in [0.29, 0.717) is 0 Å². The molecule has 0 saturated heterocycles. The van der Waals surface area contributed by atoms with Crippen molar-refractivity contribution in [2.24, 2.45) is 5.73 Å². The Balaban J connectivity index is 2.62. The molecule has 0 fully saturated rings. The lowest BCUT2D eigenvalue weighted by Gasteiger charge is -2.18. The molecule has 72 valence electrons. The van der Waals surface area contributed by atoms with Gasteiger partial charge in [0.15, 0.2) is 0 Å². The normalized spacial score (nSPS) is 15.3. The highest BCUT2D eigenvalue weighted by molar-refractivity contribution is 5.18. The third-order valence-electron chi connectivity index (χ3n) is 2.17. The van der Waals surface area contributed by atoms with E-state index in [1.165, 1.54) is 0 Å². The molecule has 0 bridgehead atoms. The molecule has 2 nitrogen and oxygen atoms in total. The Kier molecular flexibility index (Phi) is 3.93. The summed E-state index contributed by atoms with van der Waals surface area (Å²) < 4.78 is 0. The molecule has 2 atom stereocenters. The van der Waals surface area contributed by atoms with E-state index < -0.39 is 6.10 Å². The number of hydrogen-bond acceptors (Lipinski definition) is 2. The molecule has 1 aromatic rings. The SMILES string of the molecule is CCCC(N)C(O)c1ccccc1. The topological polar surface area (TPSA) is 46.2 Å². The fourth-order valence-corrected chi connectivity index (χ4v) is 1.39. The third kappa shape index (κ3) is 2.83. The van der Waals surface area contributed by atoms with Gasteiger partial charge in [0.2, 0.25) is 0 Å². The van der Waals surface area contributed by atoms with Crippen molar-refractivity contribution in [3.63, 3.8) is 0 Å². The molecule has 0 aliphatic heterocycles. The number of hydrogen-bond donors (Lipinski definition) is 2. The lowest BCUT2D eigenvalue weighted by Crippen LogP contribution is -2.27. The summed E-state index contributed by atoms with van der Waals surface area (Å²) in [5, 5.41) is 9.80. The van der Waals surface area contributed by atoms with Crippen molar-refractivity contribution in [1.82, 2.24) is 0 Å². The van der Waals surface area contributed by atoms with Crippen LogP contribution >= 0.6 is 0 Å². The number of aliphatic hydroxyl groups excluding tert-OH is 1. The van der Waals surface area contributed by atoms with E-state index in [1.54, 1.807) is 0 Å². The zero-order valence-electron chi connectivity index (χ0n) is 7.98. The summed E-state index contributed by atoms with van der Waals surface area (Å²) in [5.41, 5.74) is 6.72. The lowest BCUT2D eigenvalue weighted by atomic mass is 10.00. The second-order valence-electron chi connectivity index (χ2n) is 3.31. The molecule has 0 spiro atoms. The van der Waals surface area contributed by atoms with Crippen LogP contribution in [0.2, 0.25) is 0 Å². The third-order valence-corrected chi connectivity index (χ3v) is 2.17. The van der Waals surface area contributed by atoms with Crippen LogP contribution in [-0.2, 0) is 0 Å². The van der Waals surface area contributed by atoms with Crippen molar-refractivity contribution in [2.45, 2.75) is 31.9 Å². The molecular weight excluding hydrogens is 162 g/mol. The fraction of sp³-hybridized carbons (Fsp3) is 0.455. The summed E-state index contributed by atoms with van der Waals surface area (Å²) in [6.07, 6.45) is 1.34. The van der Waals surface area contributed by atoms with Gasteiger partial charge >= 0.3 is 0 Å². The Morgan fingerprint density at radius 2 is 1.92 bits per heavy atom. The first-order chi connectivity index (χ1) is 6.25. The Bertz CT molecular complexity index is 235. The van der Waals surface area contributed by atoms with Crippen LogP contribution in [-0.4, -0.2) is 11.1 Å². The van der Waals surface area contributed by atoms with E-state index in [1.807, 2.05) is 30.3 Å². The predicted octanol–water partition coefficient (Wildman–Crippen LogP) is 1.85. The summed E-state index contributed by atoms with van der Waals surface area (Å²) in [6.45, 7) is 2.07. The predicted molar refractivity (Wildman–Crippen MR) is 54.3 cm³/mol. The van der Waals surface area contributed by atoms with Crippen LogP contribution in [0.1, 0.15) is 31.4 Å². The molecule has 0 aliphatic rings. The van der Waals surface area contributed by atoms with Crippen molar-refractivity contribution in [2.75, 3.05) is 0 Å². The Hall–Kier alpha value is -0.860. The standard InChI is InChI=1S/C11H17NO/c1-2-6-10(12)11(13)9-7-4-3-5-8-9/h3-5,7-8,10-11,13H,2,6,12H2,1H3. The smallest absolute Gasteiger partial charge is 0.0940 e. The summed E-state index contributed by atoms with van der Waals surface area (Å²) in [7, 11) is 0. The number of aliphatic hydroxyl groups is 1. The average molecular weight is 179 g/mol. The van der Waals surface area contributed by atoms with Crippen molar-refractivity contribution >= 4 is 0 Å². The van der Waals surface area contributed by atoms with Crippen LogP contribution in [0.4, 0.5) is 0 Å². The van der Waals surface area contributed by atoms with E-state index in [2.05, 4.69) is 6.92 Å². The molecule has 1 rings (SSSR count). The molecule has 0 amide bonds. The molecule has 0 heterocycles. The quantitative estimate of drug-likeness (QED) is 0.741. The van der Waals surface area contributed by atoms with Gasteiger partial charge in [-0.1, -0.05) is 43.7 Å². The summed E-state index contributed by atoms with van der Waals surface area (Å²) in [5.74, 6) is 0. The maximum Gasteiger partial charge on any atom is 0.0940 e. The Morgan fingerprint density at radius 1 is 1.31 bits per heavy atom. The molecule has 2 heteroatoms. The van der Waals surface area contributed by atoms with Gasteiger partial charge in [-0.05, 0) is 12.0 Å². The minimum Gasteiger partial charge on any atom is -0.387 e. The highest BCUT2D eigenvalue weighted by atomic mass is 16.3. The van der Waals surface area contributed by atoms with Gasteiger partial charge in [-0.25, -0.2) is 0 Å². The monoisotopic (exact) mass is 179 g/mol. The molecule has 0 radical (unpaired) electrons. The summed E-state index contributed by atoms with van der Waals surface area (Å²) in [6, 6.07) is 9.42. The zero-order valence-corrected chi connectivity index (χ0v) is 7.98. The van der Waals surface area contributed by atoms with Gasteiger partial charge < -0.3 is 10.8 Å². The maximum absolute atomic E-state index is 9.80.